The average Bonchev–Trinajstić information content (AvgIpc) is 2.84. The zero-order valence-corrected chi connectivity index (χ0v) is 22.8. The summed E-state index contributed by atoms with van der Waals surface area (Å²) in [5.74, 6) is 0. The molecule has 0 radical (unpaired) electrons. The van der Waals surface area contributed by atoms with Crippen molar-refractivity contribution in [2.45, 2.75) is 29.8 Å². The van der Waals surface area contributed by atoms with Crippen LogP contribution in [0.3, 0.4) is 0 Å². The minimum Gasteiger partial charge on any atom is -0.377 e. The first-order valence-corrected chi connectivity index (χ1v) is 15.6. The van der Waals surface area contributed by atoms with Gasteiger partial charge in [0.05, 0.1) is 4.90 Å². The van der Waals surface area contributed by atoms with Crippen LogP contribution in [0, 0.1) is 0 Å². The number of benzene rings is 1. The third-order valence-corrected chi connectivity index (χ3v) is 13.0. The maximum atomic E-state index is 13.4. The van der Waals surface area contributed by atoms with Crippen molar-refractivity contribution in [3.63, 3.8) is 0 Å². The van der Waals surface area contributed by atoms with Crippen LogP contribution in [-0.4, -0.2) is 86.1 Å². The molecule has 9 nitrogen and oxygen atoms in total. The first-order chi connectivity index (χ1) is 15.2. The fourth-order valence-corrected chi connectivity index (χ4v) is 8.26. The highest BCUT2D eigenvalue weighted by atomic mass is 32.2. The van der Waals surface area contributed by atoms with Crippen molar-refractivity contribution in [3.05, 3.63) is 36.4 Å². The lowest BCUT2D eigenvalue weighted by Gasteiger charge is -2.28. The van der Waals surface area contributed by atoms with Crippen LogP contribution in [0.1, 0.15) is 18.4 Å². The molecular formula is C20H37NO8SSi2. The number of hydrogen-bond donors (Lipinski definition) is 0. The second-order valence-corrected chi connectivity index (χ2v) is 15.1. The summed E-state index contributed by atoms with van der Waals surface area (Å²) >= 11 is 0. The number of nitrogens with zero attached hydrogens (tertiary/aromatic N) is 1. The predicted octanol–water partition coefficient (Wildman–Crippen LogP) is 2.86. The van der Waals surface area contributed by atoms with Crippen molar-refractivity contribution >= 4 is 33.7 Å². The Morgan fingerprint density at radius 1 is 0.781 bits per heavy atom. The van der Waals surface area contributed by atoms with Crippen molar-refractivity contribution in [1.29, 1.82) is 0 Å². The van der Waals surface area contributed by atoms with Gasteiger partial charge in [0.25, 0.3) is 0 Å². The Morgan fingerprint density at radius 3 is 1.47 bits per heavy atom. The summed E-state index contributed by atoms with van der Waals surface area (Å²) in [5.41, 5.74) is 0.850. The van der Waals surface area contributed by atoms with Crippen molar-refractivity contribution < 1.29 is 35.0 Å². The van der Waals surface area contributed by atoms with Gasteiger partial charge >= 0.3 is 17.6 Å². The molecule has 0 amide bonds. The fraction of sp³-hybridized carbons (Fsp3) is 0.600. The lowest BCUT2D eigenvalue weighted by atomic mass is 10.2. The van der Waals surface area contributed by atoms with Gasteiger partial charge in [0.2, 0.25) is 10.0 Å². The molecule has 0 unspecified atom stereocenters. The van der Waals surface area contributed by atoms with Crippen LogP contribution in [0.5, 0.6) is 0 Å². The number of hydrogen-bond acceptors (Lipinski definition) is 8. The minimum absolute atomic E-state index is 0.227. The molecule has 0 aliphatic rings. The van der Waals surface area contributed by atoms with Gasteiger partial charge in [-0.25, -0.2) is 8.42 Å². The summed E-state index contributed by atoms with van der Waals surface area (Å²) in [5, 5.41) is 0. The minimum atomic E-state index is -3.72. The highest BCUT2D eigenvalue weighted by Gasteiger charge is 2.39. The van der Waals surface area contributed by atoms with Gasteiger partial charge in [-0.3, -0.25) is 0 Å². The van der Waals surface area contributed by atoms with E-state index in [0.29, 0.717) is 24.9 Å². The van der Waals surface area contributed by atoms with Crippen LogP contribution in [-0.2, 0) is 36.6 Å². The largest absolute Gasteiger partial charge is 0.500 e. The first-order valence-electron chi connectivity index (χ1n) is 10.3. The summed E-state index contributed by atoms with van der Waals surface area (Å²) in [6.07, 6.45) is 2.71. The lowest BCUT2D eigenvalue weighted by molar-refractivity contribution is 0.121. The van der Waals surface area contributed by atoms with E-state index >= 15 is 0 Å². The Morgan fingerprint density at radius 2 is 1.16 bits per heavy atom. The van der Waals surface area contributed by atoms with E-state index in [-0.39, 0.29) is 18.0 Å². The van der Waals surface area contributed by atoms with E-state index in [1.807, 2.05) is 0 Å². The van der Waals surface area contributed by atoms with Gasteiger partial charge in [0.15, 0.2) is 0 Å². The van der Waals surface area contributed by atoms with Crippen LogP contribution < -0.4 is 0 Å². The van der Waals surface area contributed by atoms with Crippen LogP contribution in [0.25, 0.3) is 6.08 Å². The summed E-state index contributed by atoms with van der Waals surface area (Å²) in [6.45, 7) is 4.29. The van der Waals surface area contributed by atoms with Gasteiger partial charge in [0, 0.05) is 67.8 Å². The van der Waals surface area contributed by atoms with E-state index < -0.39 is 27.6 Å². The molecule has 32 heavy (non-hydrogen) atoms. The molecule has 0 aromatic heterocycles. The van der Waals surface area contributed by atoms with E-state index in [2.05, 4.69) is 6.58 Å². The topological polar surface area (TPSA) is 92.8 Å². The highest BCUT2D eigenvalue weighted by Crippen LogP contribution is 2.22. The summed E-state index contributed by atoms with van der Waals surface area (Å²) in [7, 11) is -0.0692. The third kappa shape index (κ3) is 7.55. The SMILES string of the molecule is C=Cc1ccc(S(=O)(=O)N(CCC[Si](OC)(OC)OC)CCC[Si](OC)(OC)OC)cc1. The van der Waals surface area contributed by atoms with Gasteiger partial charge in [-0.2, -0.15) is 4.31 Å². The van der Waals surface area contributed by atoms with Gasteiger partial charge in [-0.15, -0.1) is 0 Å². The number of sulfonamides is 1. The fourth-order valence-electron chi connectivity index (χ4n) is 3.33. The van der Waals surface area contributed by atoms with Crippen molar-refractivity contribution in [1.82, 2.24) is 4.31 Å². The first kappa shape index (κ1) is 29.1. The Balaban J connectivity index is 3.04. The molecule has 0 aliphatic heterocycles. The molecular weight excluding hydrogens is 470 g/mol. The van der Waals surface area contributed by atoms with E-state index in [0.717, 1.165) is 5.56 Å². The van der Waals surface area contributed by atoms with Gasteiger partial charge in [-0.1, -0.05) is 24.8 Å². The Kier molecular flexibility index (Phi) is 12.5. The van der Waals surface area contributed by atoms with Gasteiger partial charge < -0.3 is 26.6 Å². The van der Waals surface area contributed by atoms with Crippen LogP contribution in [0.2, 0.25) is 12.1 Å². The van der Waals surface area contributed by atoms with Crippen molar-refractivity contribution in [2.24, 2.45) is 0 Å². The molecule has 0 bridgehead atoms. The Bertz CT molecular complexity index is 741. The molecule has 0 heterocycles. The molecule has 0 N–H and O–H groups in total. The van der Waals surface area contributed by atoms with Crippen LogP contribution in [0.15, 0.2) is 35.7 Å². The molecule has 1 aromatic rings. The summed E-state index contributed by atoms with van der Waals surface area (Å²) in [6, 6.07) is 7.63. The van der Waals surface area contributed by atoms with Crippen LogP contribution in [0.4, 0.5) is 0 Å². The van der Waals surface area contributed by atoms with Gasteiger partial charge in [-0.05, 0) is 30.5 Å². The van der Waals surface area contributed by atoms with Gasteiger partial charge in [0.1, 0.15) is 0 Å². The number of rotatable bonds is 17. The molecule has 0 atom stereocenters. The molecule has 0 saturated carbocycles. The zero-order chi connectivity index (χ0) is 24.3. The average molecular weight is 508 g/mol. The molecule has 1 aromatic carbocycles. The standard InChI is InChI=1S/C20H37NO8SSi2/c1-8-19-11-13-20(14-12-19)30(22,23)21(15-9-17-31(24-2,25-3)26-4)16-10-18-32(27-5,28-6)29-7/h8,11-14H,1,9-10,15-18H2,2-7H3. The second kappa shape index (κ2) is 13.7. The lowest BCUT2D eigenvalue weighted by Crippen LogP contribution is -2.44. The van der Waals surface area contributed by atoms with E-state index in [9.17, 15) is 8.42 Å². The van der Waals surface area contributed by atoms with E-state index in [1.165, 1.54) is 4.31 Å². The molecule has 1 rings (SSSR count). The normalized spacial score (nSPS) is 13.0. The molecule has 0 saturated heterocycles. The smallest absolute Gasteiger partial charge is 0.377 e. The van der Waals surface area contributed by atoms with Crippen LogP contribution >= 0.6 is 0 Å². The quantitative estimate of drug-likeness (QED) is 0.297. The zero-order valence-electron chi connectivity index (χ0n) is 20.0. The van der Waals surface area contributed by atoms with E-state index in [1.54, 1.807) is 73.0 Å². The Hall–Kier alpha value is -0.936. The molecule has 0 spiro atoms. The Labute approximate surface area is 195 Å². The third-order valence-electron chi connectivity index (χ3n) is 5.40. The molecule has 0 aliphatic carbocycles. The maximum Gasteiger partial charge on any atom is 0.500 e. The van der Waals surface area contributed by atoms with Crippen molar-refractivity contribution in [2.75, 3.05) is 55.7 Å². The van der Waals surface area contributed by atoms with Crippen molar-refractivity contribution in [3.8, 4) is 0 Å². The maximum absolute atomic E-state index is 13.4. The molecule has 12 heteroatoms. The predicted molar refractivity (Wildman–Crippen MR) is 128 cm³/mol. The summed E-state index contributed by atoms with van der Waals surface area (Å²) in [4.78, 5) is 0.227. The van der Waals surface area contributed by atoms with E-state index in [4.69, 9.17) is 26.6 Å². The molecule has 184 valence electrons. The highest BCUT2D eigenvalue weighted by molar-refractivity contribution is 7.89. The molecule has 0 fully saturated rings. The summed E-state index contributed by atoms with van der Waals surface area (Å²) < 4.78 is 61.0. The monoisotopic (exact) mass is 507 g/mol. The second-order valence-electron chi connectivity index (χ2n) is 6.98.